The number of nitrogens with one attached hydrogen (secondary N) is 1. The summed E-state index contributed by atoms with van der Waals surface area (Å²) in [6.07, 6.45) is 6.74. The molecule has 0 aromatic carbocycles. The number of hydrogen-bond donors (Lipinski definition) is 1. The highest BCUT2D eigenvalue weighted by atomic mass is 16.1. The zero-order valence-corrected chi connectivity index (χ0v) is 15.1. The van der Waals surface area contributed by atoms with Gasteiger partial charge in [0.1, 0.15) is 5.82 Å². The summed E-state index contributed by atoms with van der Waals surface area (Å²) in [4.78, 5) is 25.4. The molecule has 0 bridgehead atoms. The van der Waals surface area contributed by atoms with Crippen molar-refractivity contribution in [1.29, 1.82) is 0 Å². The third-order valence-electron chi connectivity index (χ3n) is 4.51. The number of carbonyl (C=O) groups excluding carboxylic acids is 1. The Bertz CT molecular complexity index is 722. The number of carbonyl (C=O) groups is 1. The molecule has 1 fully saturated rings. The molecule has 6 heteroatoms. The van der Waals surface area contributed by atoms with E-state index in [0.29, 0.717) is 6.54 Å². The van der Waals surface area contributed by atoms with Gasteiger partial charge in [-0.15, -0.1) is 0 Å². The molecule has 0 spiro atoms. The van der Waals surface area contributed by atoms with E-state index in [1.165, 1.54) is 6.08 Å². The standard InChI is InChI=1S/C20H25N5O/c1-2-24-11-13-25(14-12-24)19-8-6-17(15-22-19)16-23-20(26)9-7-18-5-3-4-10-21-18/h3-10,15H,2,11-14,16H2,1H3,(H,23,26)/b9-7+. The topological polar surface area (TPSA) is 61.4 Å². The predicted octanol–water partition coefficient (Wildman–Crippen LogP) is 1.95. The molecule has 2 aromatic rings. The first-order chi connectivity index (χ1) is 12.7. The van der Waals surface area contributed by atoms with E-state index in [4.69, 9.17) is 0 Å². The maximum absolute atomic E-state index is 11.9. The van der Waals surface area contributed by atoms with Crippen LogP contribution in [0.2, 0.25) is 0 Å². The molecule has 0 unspecified atom stereocenters. The van der Waals surface area contributed by atoms with E-state index in [9.17, 15) is 4.79 Å². The van der Waals surface area contributed by atoms with Gasteiger partial charge in [0.15, 0.2) is 0 Å². The van der Waals surface area contributed by atoms with Gasteiger partial charge in [-0.2, -0.15) is 0 Å². The lowest BCUT2D eigenvalue weighted by Gasteiger charge is -2.34. The van der Waals surface area contributed by atoms with E-state index < -0.39 is 0 Å². The lowest BCUT2D eigenvalue weighted by Crippen LogP contribution is -2.46. The van der Waals surface area contributed by atoms with Gasteiger partial charge in [0.05, 0.1) is 5.69 Å². The van der Waals surface area contributed by atoms with Crippen LogP contribution < -0.4 is 10.2 Å². The van der Waals surface area contributed by atoms with Crippen LogP contribution in [0.25, 0.3) is 6.08 Å². The maximum Gasteiger partial charge on any atom is 0.244 e. The fourth-order valence-corrected chi connectivity index (χ4v) is 2.89. The Morgan fingerprint density at radius 3 is 2.65 bits per heavy atom. The minimum absolute atomic E-state index is 0.143. The summed E-state index contributed by atoms with van der Waals surface area (Å²) < 4.78 is 0. The number of anilines is 1. The van der Waals surface area contributed by atoms with Gasteiger partial charge in [-0.05, 0) is 36.4 Å². The maximum atomic E-state index is 11.9. The van der Waals surface area contributed by atoms with Crippen LogP contribution in [0.3, 0.4) is 0 Å². The lowest BCUT2D eigenvalue weighted by atomic mass is 10.2. The molecule has 6 nitrogen and oxygen atoms in total. The Morgan fingerprint density at radius 1 is 1.15 bits per heavy atom. The fraction of sp³-hybridized carbons (Fsp3) is 0.350. The zero-order valence-electron chi connectivity index (χ0n) is 15.1. The molecule has 0 radical (unpaired) electrons. The Kier molecular flexibility index (Phi) is 6.33. The molecule has 0 atom stereocenters. The summed E-state index contributed by atoms with van der Waals surface area (Å²) in [7, 11) is 0. The van der Waals surface area contributed by atoms with Gasteiger partial charge in [-0.3, -0.25) is 9.78 Å². The monoisotopic (exact) mass is 351 g/mol. The molecule has 26 heavy (non-hydrogen) atoms. The van der Waals surface area contributed by atoms with Crippen LogP contribution >= 0.6 is 0 Å². The third kappa shape index (κ3) is 5.13. The summed E-state index contributed by atoms with van der Waals surface area (Å²) in [6, 6.07) is 9.65. The van der Waals surface area contributed by atoms with Crippen molar-refractivity contribution in [3.05, 3.63) is 60.1 Å². The molecule has 136 valence electrons. The number of rotatable bonds is 6. The molecule has 1 saturated heterocycles. The van der Waals surface area contributed by atoms with Crippen molar-refractivity contribution in [1.82, 2.24) is 20.2 Å². The van der Waals surface area contributed by atoms with Crippen LogP contribution in [0, 0.1) is 0 Å². The summed E-state index contributed by atoms with van der Waals surface area (Å²) in [5.41, 5.74) is 1.75. The first kappa shape index (κ1) is 18.1. The van der Waals surface area contributed by atoms with Crippen molar-refractivity contribution < 1.29 is 4.79 Å². The second kappa shape index (κ2) is 9.10. The number of aromatic nitrogens is 2. The molecule has 3 heterocycles. The van der Waals surface area contributed by atoms with Crippen molar-refractivity contribution in [3.8, 4) is 0 Å². The second-order valence-electron chi connectivity index (χ2n) is 6.25. The van der Waals surface area contributed by atoms with Gasteiger partial charge in [0.25, 0.3) is 0 Å². The van der Waals surface area contributed by atoms with Gasteiger partial charge in [0.2, 0.25) is 5.91 Å². The van der Waals surface area contributed by atoms with Gasteiger partial charge >= 0.3 is 0 Å². The first-order valence-corrected chi connectivity index (χ1v) is 9.04. The number of amides is 1. The second-order valence-corrected chi connectivity index (χ2v) is 6.25. The van der Waals surface area contributed by atoms with Crippen molar-refractivity contribution in [2.75, 3.05) is 37.6 Å². The van der Waals surface area contributed by atoms with Crippen molar-refractivity contribution in [3.63, 3.8) is 0 Å². The van der Waals surface area contributed by atoms with Crippen LogP contribution in [0.5, 0.6) is 0 Å². The fourth-order valence-electron chi connectivity index (χ4n) is 2.89. The van der Waals surface area contributed by atoms with E-state index in [-0.39, 0.29) is 5.91 Å². The van der Waals surface area contributed by atoms with Gasteiger partial charge in [-0.25, -0.2) is 4.98 Å². The Labute approximate surface area is 154 Å². The quantitative estimate of drug-likeness (QED) is 0.806. The van der Waals surface area contributed by atoms with E-state index in [0.717, 1.165) is 49.8 Å². The Hall–Kier alpha value is -2.73. The smallest absolute Gasteiger partial charge is 0.244 e. The Balaban J connectivity index is 1.47. The molecule has 0 saturated carbocycles. The number of likely N-dealkylation sites (N-methyl/N-ethyl adjacent to an activating group) is 1. The lowest BCUT2D eigenvalue weighted by molar-refractivity contribution is -0.116. The summed E-state index contributed by atoms with van der Waals surface area (Å²) in [5, 5.41) is 2.87. The van der Waals surface area contributed by atoms with Crippen LogP contribution in [-0.4, -0.2) is 53.5 Å². The average molecular weight is 351 g/mol. The molecule has 1 amide bonds. The molecule has 3 rings (SSSR count). The van der Waals surface area contributed by atoms with E-state index in [1.807, 2.05) is 36.5 Å². The first-order valence-electron chi connectivity index (χ1n) is 9.04. The van der Waals surface area contributed by atoms with E-state index in [1.54, 1.807) is 12.3 Å². The minimum atomic E-state index is -0.143. The summed E-state index contributed by atoms with van der Waals surface area (Å²) >= 11 is 0. The summed E-state index contributed by atoms with van der Waals surface area (Å²) in [5.74, 6) is 0.862. The number of pyridine rings is 2. The highest BCUT2D eigenvalue weighted by Gasteiger charge is 2.16. The van der Waals surface area contributed by atoms with Crippen molar-refractivity contribution in [2.45, 2.75) is 13.5 Å². The average Bonchev–Trinajstić information content (AvgIpc) is 2.72. The normalized spacial score (nSPS) is 15.3. The van der Waals surface area contributed by atoms with Crippen molar-refractivity contribution >= 4 is 17.8 Å². The number of nitrogens with zero attached hydrogens (tertiary/aromatic N) is 4. The zero-order chi connectivity index (χ0) is 18.2. The van der Waals surface area contributed by atoms with Gasteiger partial charge < -0.3 is 15.1 Å². The SMILES string of the molecule is CCN1CCN(c2ccc(CNC(=O)/C=C/c3ccccn3)cn2)CC1. The molecule has 0 aliphatic carbocycles. The molecular weight excluding hydrogens is 326 g/mol. The van der Waals surface area contributed by atoms with Crippen LogP contribution in [0.1, 0.15) is 18.2 Å². The minimum Gasteiger partial charge on any atom is -0.354 e. The third-order valence-corrected chi connectivity index (χ3v) is 4.51. The molecule has 2 aromatic heterocycles. The number of piperazine rings is 1. The van der Waals surface area contributed by atoms with Crippen LogP contribution in [0.15, 0.2) is 48.8 Å². The van der Waals surface area contributed by atoms with Gasteiger partial charge in [-0.1, -0.05) is 19.1 Å². The molecule has 1 aliphatic heterocycles. The molecular formula is C20H25N5O. The highest BCUT2D eigenvalue weighted by Crippen LogP contribution is 2.14. The van der Waals surface area contributed by atoms with Crippen molar-refractivity contribution in [2.24, 2.45) is 0 Å². The van der Waals surface area contributed by atoms with Gasteiger partial charge in [0, 0.05) is 51.2 Å². The van der Waals surface area contributed by atoms with Crippen LogP contribution in [0.4, 0.5) is 5.82 Å². The van der Waals surface area contributed by atoms with Crippen LogP contribution in [-0.2, 0) is 11.3 Å². The molecule has 1 aliphatic rings. The Morgan fingerprint density at radius 2 is 2.00 bits per heavy atom. The van der Waals surface area contributed by atoms with E-state index >= 15 is 0 Å². The highest BCUT2D eigenvalue weighted by molar-refractivity contribution is 5.91. The number of hydrogen-bond acceptors (Lipinski definition) is 5. The van der Waals surface area contributed by atoms with E-state index in [2.05, 4.69) is 32.0 Å². The predicted molar refractivity (Wildman–Crippen MR) is 104 cm³/mol. The summed E-state index contributed by atoms with van der Waals surface area (Å²) in [6.45, 7) is 7.95. The largest absolute Gasteiger partial charge is 0.354 e. The molecule has 1 N–H and O–H groups in total.